The van der Waals surface area contributed by atoms with E-state index < -0.39 is 0 Å². The molecule has 0 aliphatic heterocycles. The highest BCUT2D eigenvalue weighted by molar-refractivity contribution is 5.44. The summed E-state index contributed by atoms with van der Waals surface area (Å²) < 4.78 is 1.23. The van der Waals surface area contributed by atoms with Gasteiger partial charge in [0.1, 0.15) is 11.6 Å². The van der Waals surface area contributed by atoms with E-state index in [9.17, 15) is 9.90 Å². The number of nitriles is 1. The topological polar surface area (TPSA) is 66.0 Å². The maximum absolute atomic E-state index is 11.7. The van der Waals surface area contributed by atoms with Crippen molar-refractivity contribution in [1.82, 2.24) is 4.57 Å². The van der Waals surface area contributed by atoms with Crippen LogP contribution in [0.25, 0.3) is 0 Å². The first-order valence-corrected chi connectivity index (χ1v) is 5.40. The van der Waals surface area contributed by atoms with Gasteiger partial charge < -0.3 is 5.11 Å². The van der Waals surface area contributed by atoms with Gasteiger partial charge >= 0.3 is 0 Å². The fourth-order valence-electron chi connectivity index (χ4n) is 1.75. The monoisotopic (exact) mass is 220 g/mol. The summed E-state index contributed by atoms with van der Waals surface area (Å²) in [7, 11) is 0. The Labute approximate surface area is 94.8 Å². The standard InChI is InChI=1S/C12H16N2O2/c1-4-5-9-6-11(15)14(8(2)3)12(16)10(9)7-13/h6,8,16H,4-5H2,1-3H3. The largest absolute Gasteiger partial charge is 0.493 e. The van der Waals surface area contributed by atoms with E-state index in [4.69, 9.17) is 5.26 Å². The first-order valence-electron chi connectivity index (χ1n) is 5.40. The van der Waals surface area contributed by atoms with E-state index in [1.54, 1.807) is 13.8 Å². The van der Waals surface area contributed by atoms with Crippen LogP contribution in [0.1, 0.15) is 44.4 Å². The summed E-state index contributed by atoms with van der Waals surface area (Å²) in [5.74, 6) is -0.214. The molecule has 0 atom stereocenters. The first kappa shape index (κ1) is 12.3. The van der Waals surface area contributed by atoms with E-state index in [2.05, 4.69) is 0 Å². The Morgan fingerprint density at radius 3 is 2.62 bits per heavy atom. The summed E-state index contributed by atoms with van der Waals surface area (Å²) in [6, 6.07) is 3.25. The average Bonchev–Trinajstić information content (AvgIpc) is 2.17. The lowest BCUT2D eigenvalue weighted by atomic mass is 10.1. The van der Waals surface area contributed by atoms with Crippen LogP contribution in [0.5, 0.6) is 5.88 Å². The van der Waals surface area contributed by atoms with Crippen LogP contribution < -0.4 is 5.56 Å². The molecule has 0 bridgehead atoms. The summed E-state index contributed by atoms with van der Waals surface area (Å²) in [6.07, 6.45) is 1.46. The Bertz CT molecular complexity index is 481. The van der Waals surface area contributed by atoms with Gasteiger partial charge in [0, 0.05) is 12.1 Å². The molecule has 1 rings (SSSR count). The summed E-state index contributed by atoms with van der Waals surface area (Å²) >= 11 is 0. The van der Waals surface area contributed by atoms with Crippen LogP contribution in [-0.2, 0) is 6.42 Å². The van der Waals surface area contributed by atoms with Crippen molar-refractivity contribution in [3.05, 3.63) is 27.5 Å². The van der Waals surface area contributed by atoms with Gasteiger partial charge in [-0.3, -0.25) is 9.36 Å². The van der Waals surface area contributed by atoms with Crippen LogP contribution >= 0.6 is 0 Å². The lowest BCUT2D eigenvalue weighted by Gasteiger charge is -2.14. The predicted octanol–water partition coefficient (Wildman–Crippen LogP) is 1.96. The minimum absolute atomic E-state index is 0.157. The van der Waals surface area contributed by atoms with Crippen molar-refractivity contribution in [3.63, 3.8) is 0 Å². The molecule has 0 aliphatic carbocycles. The SMILES string of the molecule is CCCc1cc(=O)n(C(C)C)c(O)c1C#N. The Morgan fingerprint density at radius 1 is 1.56 bits per heavy atom. The van der Waals surface area contributed by atoms with E-state index >= 15 is 0 Å². The zero-order valence-corrected chi connectivity index (χ0v) is 9.82. The van der Waals surface area contributed by atoms with Gasteiger partial charge in [0.25, 0.3) is 5.56 Å². The second-order valence-electron chi connectivity index (χ2n) is 4.03. The number of aromatic hydroxyl groups is 1. The number of nitrogens with zero attached hydrogens (tertiary/aromatic N) is 2. The van der Waals surface area contributed by atoms with Crippen LogP contribution in [-0.4, -0.2) is 9.67 Å². The van der Waals surface area contributed by atoms with Crippen LogP contribution in [0.15, 0.2) is 10.9 Å². The second kappa shape index (κ2) is 4.84. The number of aryl methyl sites for hydroxylation is 1. The van der Waals surface area contributed by atoms with Gasteiger partial charge in [-0.1, -0.05) is 13.3 Å². The molecule has 0 spiro atoms. The molecular formula is C12H16N2O2. The van der Waals surface area contributed by atoms with Gasteiger partial charge in [0.05, 0.1) is 0 Å². The van der Waals surface area contributed by atoms with Crippen molar-refractivity contribution < 1.29 is 5.11 Å². The average molecular weight is 220 g/mol. The maximum Gasteiger partial charge on any atom is 0.253 e. The third kappa shape index (κ3) is 2.08. The number of aromatic nitrogens is 1. The van der Waals surface area contributed by atoms with E-state index in [0.717, 1.165) is 6.42 Å². The highest BCUT2D eigenvalue weighted by Gasteiger charge is 2.15. The van der Waals surface area contributed by atoms with Crippen LogP contribution in [0.3, 0.4) is 0 Å². The van der Waals surface area contributed by atoms with Crippen molar-refractivity contribution in [1.29, 1.82) is 5.26 Å². The van der Waals surface area contributed by atoms with E-state index in [1.807, 2.05) is 13.0 Å². The highest BCUT2D eigenvalue weighted by Crippen LogP contribution is 2.22. The van der Waals surface area contributed by atoms with Crippen LogP contribution in [0, 0.1) is 11.3 Å². The van der Waals surface area contributed by atoms with E-state index in [0.29, 0.717) is 12.0 Å². The molecule has 0 aliphatic rings. The third-order valence-electron chi connectivity index (χ3n) is 2.46. The van der Waals surface area contributed by atoms with Gasteiger partial charge in [0.15, 0.2) is 0 Å². The minimum Gasteiger partial charge on any atom is -0.493 e. The zero-order chi connectivity index (χ0) is 12.3. The molecule has 0 saturated heterocycles. The predicted molar refractivity (Wildman–Crippen MR) is 61.5 cm³/mol. The number of rotatable bonds is 3. The highest BCUT2D eigenvalue weighted by atomic mass is 16.3. The molecule has 0 amide bonds. The molecule has 1 N–H and O–H groups in total. The third-order valence-corrected chi connectivity index (χ3v) is 2.46. The van der Waals surface area contributed by atoms with Gasteiger partial charge in [0.2, 0.25) is 5.88 Å². The normalized spacial score (nSPS) is 10.4. The molecule has 4 heteroatoms. The molecule has 0 radical (unpaired) electrons. The Balaban J connectivity index is 3.51. The summed E-state index contributed by atoms with van der Waals surface area (Å²) in [5.41, 5.74) is 0.592. The Kier molecular flexibility index (Phi) is 3.73. The molecule has 86 valence electrons. The van der Waals surface area contributed by atoms with Crippen molar-refractivity contribution in [3.8, 4) is 11.9 Å². The molecule has 0 saturated carbocycles. The number of hydrogen-bond donors (Lipinski definition) is 1. The quantitative estimate of drug-likeness (QED) is 0.846. The molecule has 16 heavy (non-hydrogen) atoms. The van der Waals surface area contributed by atoms with Crippen molar-refractivity contribution in [2.45, 2.75) is 39.7 Å². The van der Waals surface area contributed by atoms with Gasteiger partial charge in [-0.05, 0) is 25.8 Å². The lowest BCUT2D eigenvalue weighted by molar-refractivity contribution is 0.385. The van der Waals surface area contributed by atoms with Crippen LogP contribution in [0.4, 0.5) is 0 Å². The summed E-state index contributed by atoms with van der Waals surface area (Å²) in [4.78, 5) is 11.7. The molecular weight excluding hydrogens is 204 g/mol. The first-order chi connectivity index (χ1) is 7.52. The smallest absolute Gasteiger partial charge is 0.253 e. The van der Waals surface area contributed by atoms with Crippen molar-refractivity contribution in [2.24, 2.45) is 0 Å². The maximum atomic E-state index is 11.7. The van der Waals surface area contributed by atoms with Crippen LogP contribution in [0.2, 0.25) is 0 Å². The Hall–Kier alpha value is -1.76. The molecule has 4 nitrogen and oxygen atoms in total. The summed E-state index contributed by atoms with van der Waals surface area (Å²) in [5, 5.41) is 18.9. The molecule has 0 aromatic carbocycles. The molecule has 1 heterocycles. The second-order valence-corrected chi connectivity index (χ2v) is 4.03. The van der Waals surface area contributed by atoms with E-state index in [1.165, 1.54) is 10.6 Å². The molecule has 0 fully saturated rings. The summed E-state index contributed by atoms with van der Waals surface area (Å²) in [6.45, 7) is 5.55. The molecule has 1 aromatic heterocycles. The van der Waals surface area contributed by atoms with Crippen molar-refractivity contribution in [2.75, 3.05) is 0 Å². The van der Waals surface area contributed by atoms with Gasteiger partial charge in [-0.2, -0.15) is 5.26 Å². The van der Waals surface area contributed by atoms with Gasteiger partial charge in [-0.15, -0.1) is 0 Å². The van der Waals surface area contributed by atoms with Gasteiger partial charge in [-0.25, -0.2) is 0 Å². The minimum atomic E-state index is -0.255. The van der Waals surface area contributed by atoms with Crippen molar-refractivity contribution >= 4 is 0 Å². The zero-order valence-electron chi connectivity index (χ0n) is 9.82. The lowest BCUT2D eigenvalue weighted by Crippen LogP contribution is -2.23. The fraction of sp³-hybridized carbons (Fsp3) is 0.500. The Morgan fingerprint density at radius 2 is 2.19 bits per heavy atom. The number of pyridine rings is 1. The van der Waals surface area contributed by atoms with E-state index in [-0.39, 0.29) is 23.0 Å². The molecule has 0 unspecified atom stereocenters. The fourth-order valence-corrected chi connectivity index (χ4v) is 1.75. The number of hydrogen-bond acceptors (Lipinski definition) is 3. The molecule has 1 aromatic rings.